The molecule has 132 valence electrons. The molecule has 4 N–H and O–H groups in total. The number of hydrogen-bond acceptors (Lipinski definition) is 5. The minimum atomic E-state index is -0.629. The summed E-state index contributed by atoms with van der Waals surface area (Å²) >= 11 is 0. The van der Waals surface area contributed by atoms with Crippen molar-refractivity contribution in [1.29, 1.82) is 0 Å². The van der Waals surface area contributed by atoms with Crippen LogP contribution in [0.25, 0.3) is 16.5 Å². The Kier molecular flexibility index (Phi) is 5.16. The molecule has 0 unspecified atom stereocenters. The number of allylic oxidation sites excluding steroid dienone is 1. The van der Waals surface area contributed by atoms with Gasteiger partial charge in [0.1, 0.15) is 5.82 Å². The maximum atomic E-state index is 9.75. The fraction of sp³-hybridized carbons (Fsp3) is 0.400. The van der Waals surface area contributed by atoms with Crippen molar-refractivity contribution in [2.45, 2.75) is 32.3 Å². The second-order valence-corrected chi connectivity index (χ2v) is 7.18. The molecule has 0 radical (unpaired) electrons. The van der Waals surface area contributed by atoms with Gasteiger partial charge in [0.05, 0.1) is 17.7 Å². The van der Waals surface area contributed by atoms with Gasteiger partial charge in [-0.05, 0) is 74.7 Å². The summed E-state index contributed by atoms with van der Waals surface area (Å²) in [7, 11) is 0. The molecule has 0 spiro atoms. The summed E-state index contributed by atoms with van der Waals surface area (Å²) in [6.07, 6.45) is 5.49. The lowest BCUT2D eigenvalue weighted by molar-refractivity contribution is 0.0713. The molecule has 0 fully saturated rings. The topological polar surface area (TPSA) is 83.5 Å². The number of nitrogen functional groups attached to an aromatic ring is 1. The lowest BCUT2D eigenvalue weighted by Gasteiger charge is -2.17. The minimum Gasteiger partial charge on any atom is -0.390 e. The average molecular weight is 338 g/mol. The highest BCUT2D eigenvalue weighted by Crippen LogP contribution is 2.25. The normalized spacial score (nSPS) is 14.3. The van der Waals surface area contributed by atoms with E-state index in [-0.39, 0.29) is 0 Å². The number of benzene rings is 1. The SMILES string of the molecule is CC(C)(O)CCNCCc1cc(N)nc2cc(C3=CC=NC3)ccc12. The van der Waals surface area contributed by atoms with E-state index in [0.29, 0.717) is 5.82 Å². The molecule has 5 heteroatoms. The Bertz CT molecular complexity index is 818. The summed E-state index contributed by atoms with van der Waals surface area (Å²) in [5, 5.41) is 14.3. The van der Waals surface area contributed by atoms with Gasteiger partial charge in [0.25, 0.3) is 0 Å². The van der Waals surface area contributed by atoms with Crippen LogP contribution < -0.4 is 11.1 Å². The zero-order valence-electron chi connectivity index (χ0n) is 14.9. The first-order valence-electron chi connectivity index (χ1n) is 8.74. The molecule has 25 heavy (non-hydrogen) atoms. The number of anilines is 1. The number of fused-ring (bicyclic) bond motifs is 1. The second-order valence-electron chi connectivity index (χ2n) is 7.18. The molecular weight excluding hydrogens is 312 g/mol. The Hall–Kier alpha value is -2.24. The highest BCUT2D eigenvalue weighted by molar-refractivity contribution is 5.93. The van der Waals surface area contributed by atoms with Crippen molar-refractivity contribution in [3.05, 3.63) is 41.5 Å². The molecule has 0 saturated heterocycles. The molecule has 0 saturated carbocycles. The monoisotopic (exact) mass is 338 g/mol. The van der Waals surface area contributed by atoms with Crippen LogP contribution in [0.5, 0.6) is 0 Å². The van der Waals surface area contributed by atoms with Crippen LogP contribution in [0, 0.1) is 0 Å². The summed E-state index contributed by atoms with van der Waals surface area (Å²) < 4.78 is 0. The van der Waals surface area contributed by atoms with Crippen LogP contribution in [0.3, 0.4) is 0 Å². The van der Waals surface area contributed by atoms with Crippen LogP contribution in [0.2, 0.25) is 0 Å². The van der Waals surface area contributed by atoms with Gasteiger partial charge in [-0.3, -0.25) is 4.99 Å². The van der Waals surface area contributed by atoms with Crippen LogP contribution >= 0.6 is 0 Å². The quantitative estimate of drug-likeness (QED) is 0.678. The van der Waals surface area contributed by atoms with E-state index in [2.05, 4.69) is 33.5 Å². The Balaban J connectivity index is 1.72. The number of nitrogens with two attached hydrogens (primary N) is 1. The van der Waals surface area contributed by atoms with Gasteiger partial charge in [0, 0.05) is 11.6 Å². The van der Waals surface area contributed by atoms with Gasteiger partial charge in [-0.25, -0.2) is 4.98 Å². The van der Waals surface area contributed by atoms with Crippen molar-refractivity contribution in [3.8, 4) is 0 Å². The first-order valence-corrected chi connectivity index (χ1v) is 8.74. The number of pyridine rings is 1. The third-order valence-corrected chi connectivity index (χ3v) is 4.41. The van der Waals surface area contributed by atoms with Crippen molar-refractivity contribution in [3.63, 3.8) is 0 Å². The standard InChI is InChI=1S/C20H26N4O/c1-20(2,25)7-10-22-8-5-15-12-19(21)24-18-11-14(3-4-17(15)18)16-6-9-23-13-16/h3-4,6,9,11-12,22,25H,5,7-8,10,13H2,1-2H3,(H2,21,24). The Labute approximate surface area is 148 Å². The molecule has 5 nitrogen and oxygen atoms in total. The van der Waals surface area contributed by atoms with Gasteiger partial charge in [-0.2, -0.15) is 0 Å². The number of aromatic nitrogens is 1. The van der Waals surface area contributed by atoms with E-state index in [9.17, 15) is 5.11 Å². The molecule has 0 aliphatic carbocycles. The number of nitrogens with zero attached hydrogens (tertiary/aromatic N) is 2. The van der Waals surface area contributed by atoms with E-state index in [1.165, 1.54) is 11.1 Å². The van der Waals surface area contributed by atoms with Crippen molar-refractivity contribution >= 4 is 28.5 Å². The van der Waals surface area contributed by atoms with E-state index < -0.39 is 5.60 Å². The van der Waals surface area contributed by atoms with Gasteiger partial charge in [0.2, 0.25) is 0 Å². The molecule has 1 aliphatic heterocycles. The van der Waals surface area contributed by atoms with Gasteiger partial charge in [0.15, 0.2) is 0 Å². The van der Waals surface area contributed by atoms with Crippen molar-refractivity contribution in [1.82, 2.24) is 10.3 Å². The Morgan fingerprint density at radius 1 is 1.24 bits per heavy atom. The molecule has 2 aromatic rings. The summed E-state index contributed by atoms with van der Waals surface area (Å²) in [6, 6.07) is 8.31. The first-order chi connectivity index (χ1) is 11.9. The van der Waals surface area contributed by atoms with E-state index in [1.807, 2.05) is 32.2 Å². The molecule has 2 heterocycles. The predicted octanol–water partition coefficient (Wildman–Crippen LogP) is 2.58. The zero-order chi connectivity index (χ0) is 17.9. The summed E-state index contributed by atoms with van der Waals surface area (Å²) in [4.78, 5) is 8.74. The molecular formula is C20H26N4O. The van der Waals surface area contributed by atoms with Gasteiger partial charge in [-0.1, -0.05) is 12.1 Å². The third-order valence-electron chi connectivity index (χ3n) is 4.41. The number of aliphatic hydroxyl groups is 1. The third kappa shape index (κ3) is 4.65. The van der Waals surface area contributed by atoms with Crippen molar-refractivity contribution in [2.24, 2.45) is 4.99 Å². The van der Waals surface area contributed by atoms with E-state index >= 15 is 0 Å². The Morgan fingerprint density at radius 3 is 2.80 bits per heavy atom. The fourth-order valence-corrected chi connectivity index (χ4v) is 3.01. The predicted molar refractivity (Wildman–Crippen MR) is 105 cm³/mol. The molecule has 1 aromatic carbocycles. The maximum Gasteiger partial charge on any atom is 0.124 e. The molecule has 3 rings (SSSR count). The number of hydrogen-bond donors (Lipinski definition) is 3. The summed E-state index contributed by atoms with van der Waals surface area (Å²) in [5.74, 6) is 0.549. The molecule has 0 amide bonds. The van der Waals surface area contributed by atoms with Crippen LogP contribution in [0.1, 0.15) is 31.4 Å². The maximum absolute atomic E-state index is 9.75. The average Bonchev–Trinajstić information content (AvgIpc) is 3.07. The van der Waals surface area contributed by atoms with Crippen molar-refractivity contribution < 1.29 is 5.11 Å². The van der Waals surface area contributed by atoms with Crippen LogP contribution in [-0.2, 0) is 6.42 Å². The van der Waals surface area contributed by atoms with E-state index in [0.717, 1.165) is 48.9 Å². The van der Waals surface area contributed by atoms with Crippen molar-refractivity contribution in [2.75, 3.05) is 25.4 Å². The smallest absolute Gasteiger partial charge is 0.124 e. The zero-order valence-corrected chi connectivity index (χ0v) is 14.9. The molecule has 1 aromatic heterocycles. The largest absolute Gasteiger partial charge is 0.390 e. The molecule has 0 atom stereocenters. The van der Waals surface area contributed by atoms with Crippen LogP contribution in [0.15, 0.2) is 35.3 Å². The highest BCUT2D eigenvalue weighted by Gasteiger charge is 2.12. The minimum absolute atomic E-state index is 0.549. The number of rotatable bonds is 7. The van der Waals surface area contributed by atoms with Gasteiger partial charge < -0.3 is 16.2 Å². The number of aliphatic imine (C=N–C) groups is 1. The van der Waals surface area contributed by atoms with E-state index in [1.54, 1.807) is 0 Å². The van der Waals surface area contributed by atoms with Crippen LogP contribution in [-0.4, -0.2) is 41.5 Å². The second kappa shape index (κ2) is 7.33. The lowest BCUT2D eigenvalue weighted by Crippen LogP contribution is -2.27. The molecule has 0 bridgehead atoms. The highest BCUT2D eigenvalue weighted by atomic mass is 16.3. The van der Waals surface area contributed by atoms with Gasteiger partial charge >= 0.3 is 0 Å². The van der Waals surface area contributed by atoms with E-state index in [4.69, 9.17) is 5.73 Å². The number of nitrogens with one attached hydrogen (secondary N) is 1. The van der Waals surface area contributed by atoms with Crippen LogP contribution in [0.4, 0.5) is 5.82 Å². The fourth-order valence-electron chi connectivity index (χ4n) is 3.01. The first kappa shape index (κ1) is 17.6. The van der Waals surface area contributed by atoms with Gasteiger partial charge in [-0.15, -0.1) is 0 Å². The molecule has 1 aliphatic rings. The Morgan fingerprint density at radius 2 is 2.08 bits per heavy atom. The lowest BCUT2D eigenvalue weighted by atomic mass is 10.0. The summed E-state index contributed by atoms with van der Waals surface area (Å²) in [6.45, 7) is 6.02. The summed E-state index contributed by atoms with van der Waals surface area (Å²) in [5.41, 5.74) is 9.87.